The number of ketones is 1. The Morgan fingerprint density at radius 2 is 1.74 bits per heavy atom. The number of carbonyl (C=O) groups is 1. The molecule has 98 valence electrons. The van der Waals surface area contributed by atoms with Gasteiger partial charge in [0.2, 0.25) is 5.78 Å². The lowest BCUT2D eigenvalue weighted by Gasteiger charge is -2.11. The molecule has 19 heavy (non-hydrogen) atoms. The number of rotatable bonds is 4. The molecule has 0 saturated carbocycles. The normalized spacial score (nSPS) is 10.0. The molecule has 4 nitrogen and oxygen atoms in total. The van der Waals surface area contributed by atoms with E-state index in [1.807, 2.05) is 6.07 Å². The summed E-state index contributed by atoms with van der Waals surface area (Å²) in [5.74, 6) is 0.257. The largest absolute Gasteiger partial charge is 0.507 e. The van der Waals surface area contributed by atoms with E-state index in [4.69, 9.17) is 9.47 Å². The molecule has 0 aliphatic heterocycles. The smallest absolute Gasteiger partial charge is 0.200 e. The van der Waals surface area contributed by atoms with E-state index in [1.54, 1.807) is 30.3 Å². The van der Waals surface area contributed by atoms with Crippen LogP contribution in [-0.4, -0.2) is 25.1 Å². The summed E-state index contributed by atoms with van der Waals surface area (Å²) in [7, 11) is 2.92. The highest BCUT2D eigenvalue weighted by molar-refractivity contribution is 6.12. The second kappa shape index (κ2) is 5.44. The molecule has 0 aliphatic rings. The highest BCUT2D eigenvalue weighted by Crippen LogP contribution is 2.34. The van der Waals surface area contributed by atoms with E-state index in [2.05, 4.69) is 0 Å². The summed E-state index contributed by atoms with van der Waals surface area (Å²) < 4.78 is 10.2. The third-order valence-corrected chi connectivity index (χ3v) is 2.77. The van der Waals surface area contributed by atoms with Crippen molar-refractivity contribution in [1.29, 1.82) is 0 Å². The minimum Gasteiger partial charge on any atom is -0.507 e. The molecule has 2 aromatic rings. The van der Waals surface area contributed by atoms with Gasteiger partial charge in [0.15, 0.2) is 0 Å². The Hall–Kier alpha value is -2.49. The molecule has 0 bridgehead atoms. The van der Waals surface area contributed by atoms with Crippen LogP contribution in [0.5, 0.6) is 17.2 Å². The van der Waals surface area contributed by atoms with Crippen LogP contribution in [0.25, 0.3) is 0 Å². The van der Waals surface area contributed by atoms with E-state index < -0.39 is 0 Å². The maximum absolute atomic E-state index is 12.4. The number of phenols is 1. The number of methoxy groups -OCH3 is 2. The summed E-state index contributed by atoms with van der Waals surface area (Å²) in [6, 6.07) is 11.7. The van der Waals surface area contributed by atoms with Crippen LogP contribution in [0.2, 0.25) is 0 Å². The van der Waals surface area contributed by atoms with E-state index in [0.717, 1.165) is 0 Å². The first-order valence-corrected chi connectivity index (χ1v) is 5.72. The first-order chi connectivity index (χ1) is 9.17. The molecule has 0 saturated heterocycles. The Morgan fingerprint density at radius 1 is 1.05 bits per heavy atom. The monoisotopic (exact) mass is 258 g/mol. The molecule has 4 heteroatoms. The molecule has 0 atom stereocenters. The molecule has 0 radical (unpaired) electrons. The molecule has 2 rings (SSSR count). The lowest BCUT2D eigenvalue weighted by molar-refractivity contribution is 0.103. The summed E-state index contributed by atoms with van der Waals surface area (Å²) in [6.45, 7) is 0. The van der Waals surface area contributed by atoms with Crippen molar-refractivity contribution < 1.29 is 19.4 Å². The van der Waals surface area contributed by atoms with Gasteiger partial charge in [-0.1, -0.05) is 30.3 Å². The fraction of sp³-hybridized carbons (Fsp3) is 0.133. The number of carbonyl (C=O) groups excluding carboxylic acids is 1. The molecule has 0 aliphatic carbocycles. The van der Waals surface area contributed by atoms with Gasteiger partial charge in [0.25, 0.3) is 0 Å². The third-order valence-electron chi connectivity index (χ3n) is 2.77. The van der Waals surface area contributed by atoms with Crippen molar-refractivity contribution in [2.24, 2.45) is 0 Å². The molecule has 0 fully saturated rings. The van der Waals surface area contributed by atoms with Gasteiger partial charge in [-0.15, -0.1) is 0 Å². The molecule has 0 unspecified atom stereocenters. The molecule has 0 amide bonds. The van der Waals surface area contributed by atoms with Gasteiger partial charge in [-0.2, -0.15) is 0 Å². The number of ether oxygens (including phenoxy) is 2. The molecular formula is C15H14O4. The van der Waals surface area contributed by atoms with Crippen LogP contribution in [0.4, 0.5) is 0 Å². The second-order valence-corrected chi connectivity index (χ2v) is 3.92. The lowest BCUT2D eigenvalue weighted by Crippen LogP contribution is -2.04. The fourth-order valence-electron chi connectivity index (χ4n) is 1.82. The minimum atomic E-state index is -0.294. The highest BCUT2D eigenvalue weighted by atomic mass is 16.5. The molecule has 2 aromatic carbocycles. The summed E-state index contributed by atoms with van der Waals surface area (Å²) in [5, 5.41) is 9.99. The Labute approximate surface area is 111 Å². The maximum Gasteiger partial charge on any atom is 0.200 e. The topological polar surface area (TPSA) is 55.8 Å². The Balaban J connectivity index is 2.53. The fourth-order valence-corrected chi connectivity index (χ4v) is 1.82. The van der Waals surface area contributed by atoms with Crippen LogP contribution < -0.4 is 9.47 Å². The Bertz CT molecular complexity index is 591. The average Bonchev–Trinajstić information content (AvgIpc) is 2.46. The zero-order valence-electron chi connectivity index (χ0n) is 10.7. The maximum atomic E-state index is 12.4. The van der Waals surface area contributed by atoms with Crippen molar-refractivity contribution >= 4 is 5.78 Å². The number of aromatic hydroxyl groups is 1. The van der Waals surface area contributed by atoms with Crippen LogP contribution >= 0.6 is 0 Å². The molecule has 0 aromatic heterocycles. The predicted molar refractivity (Wildman–Crippen MR) is 71.1 cm³/mol. The summed E-state index contributed by atoms with van der Waals surface area (Å²) >= 11 is 0. The third kappa shape index (κ3) is 2.52. The molecular weight excluding hydrogens is 244 g/mol. The van der Waals surface area contributed by atoms with Gasteiger partial charge in [-0.25, -0.2) is 0 Å². The van der Waals surface area contributed by atoms with Crippen LogP contribution in [-0.2, 0) is 0 Å². The van der Waals surface area contributed by atoms with E-state index in [1.165, 1.54) is 20.3 Å². The lowest BCUT2D eigenvalue weighted by atomic mass is 10.0. The molecule has 0 spiro atoms. The Kier molecular flexibility index (Phi) is 3.71. The quantitative estimate of drug-likeness (QED) is 0.856. The highest BCUT2D eigenvalue weighted by Gasteiger charge is 2.20. The van der Waals surface area contributed by atoms with Gasteiger partial charge in [0.1, 0.15) is 22.8 Å². The van der Waals surface area contributed by atoms with Gasteiger partial charge in [-0.3, -0.25) is 4.79 Å². The zero-order valence-corrected chi connectivity index (χ0v) is 10.7. The van der Waals surface area contributed by atoms with Gasteiger partial charge in [0, 0.05) is 17.7 Å². The van der Waals surface area contributed by atoms with Gasteiger partial charge in [-0.05, 0) is 0 Å². The molecule has 1 N–H and O–H groups in total. The van der Waals surface area contributed by atoms with Crippen molar-refractivity contribution in [3.63, 3.8) is 0 Å². The van der Waals surface area contributed by atoms with Crippen LogP contribution in [0, 0.1) is 0 Å². The van der Waals surface area contributed by atoms with Crippen molar-refractivity contribution in [1.82, 2.24) is 0 Å². The standard InChI is InChI=1S/C15H14O4/c1-18-11-8-12(16)14(13(9-11)19-2)15(17)10-6-4-3-5-7-10/h3-9,16H,1-2H3. The summed E-state index contributed by atoms with van der Waals surface area (Å²) in [6.07, 6.45) is 0. The number of hydrogen-bond acceptors (Lipinski definition) is 4. The van der Waals surface area contributed by atoms with Crippen LogP contribution in [0.1, 0.15) is 15.9 Å². The second-order valence-electron chi connectivity index (χ2n) is 3.92. The zero-order chi connectivity index (χ0) is 13.8. The van der Waals surface area contributed by atoms with E-state index >= 15 is 0 Å². The number of phenolic OH excluding ortho intramolecular Hbond substituents is 1. The first-order valence-electron chi connectivity index (χ1n) is 5.72. The van der Waals surface area contributed by atoms with Crippen LogP contribution in [0.15, 0.2) is 42.5 Å². The summed E-state index contributed by atoms with van der Waals surface area (Å²) in [4.78, 5) is 12.4. The van der Waals surface area contributed by atoms with E-state index in [9.17, 15) is 9.90 Å². The van der Waals surface area contributed by atoms with Crippen molar-refractivity contribution in [3.05, 3.63) is 53.6 Å². The average molecular weight is 258 g/mol. The van der Waals surface area contributed by atoms with Gasteiger partial charge < -0.3 is 14.6 Å². The van der Waals surface area contributed by atoms with Gasteiger partial charge in [0.05, 0.1) is 14.2 Å². The van der Waals surface area contributed by atoms with E-state index in [0.29, 0.717) is 11.3 Å². The van der Waals surface area contributed by atoms with Crippen molar-refractivity contribution in [2.45, 2.75) is 0 Å². The number of benzene rings is 2. The molecule has 0 heterocycles. The number of hydrogen-bond donors (Lipinski definition) is 1. The first kappa shape index (κ1) is 13.0. The summed E-state index contributed by atoms with van der Waals surface area (Å²) in [5.41, 5.74) is 0.621. The SMILES string of the molecule is COc1cc(O)c(C(=O)c2ccccc2)c(OC)c1. The minimum absolute atomic E-state index is 0.134. The van der Waals surface area contributed by atoms with E-state index in [-0.39, 0.29) is 22.8 Å². The van der Waals surface area contributed by atoms with Gasteiger partial charge >= 0.3 is 0 Å². The van der Waals surface area contributed by atoms with Crippen LogP contribution in [0.3, 0.4) is 0 Å². The van der Waals surface area contributed by atoms with Crippen molar-refractivity contribution in [2.75, 3.05) is 14.2 Å². The Morgan fingerprint density at radius 3 is 2.32 bits per heavy atom. The predicted octanol–water partition coefficient (Wildman–Crippen LogP) is 2.64. The van der Waals surface area contributed by atoms with Crippen molar-refractivity contribution in [3.8, 4) is 17.2 Å².